The zero-order chi connectivity index (χ0) is 21.8. The number of nitrogens with one attached hydrogen (secondary N) is 1. The molecule has 1 aliphatic rings. The van der Waals surface area contributed by atoms with Crippen molar-refractivity contribution >= 4 is 23.8 Å². The highest BCUT2D eigenvalue weighted by Crippen LogP contribution is 2.31. The summed E-state index contributed by atoms with van der Waals surface area (Å²) in [7, 11) is 1.18. The van der Waals surface area contributed by atoms with Gasteiger partial charge >= 0.3 is 6.09 Å². The van der Waals surface area contributed by atoms with Gasteiger partial charge in [-0.25, -0.2) is 14.1 Å². The molecule has 0 aliphatic carbocycles. The van der Waals surface area contributed by atoms with Crippen LogP contribution in [0.5, 0.6) is 0 Å². The SMILES string of the molecule is COC(=O)N1Cc2cc(C(C)NC(=O)C=Cc3ccc(F)cc3)ccc2C(O)=C1O. The molecule has 1 atom stereocenters. The third-order valence-electron chi connectivity index (χ3n) is 4.73. The van der Waals surface area contributed by atoms with Crippen molar-refractivity contribution in [2.24, 2.45) is 0 Å². The molecule has 1 heterocycles. The van der Waals surface area contributed by atoms with Crippen molar-refractivity contribution in [2.75, 3.05) is 7.11 Å². The Bertz CT molecular complexity index is 1030. The summed E-state index contributed by atoms with van der Waals surface area (Å²) in [4.78, 5) is 24.9. The highest BCUT2D eigenvalue weighted by atomic mass is 19.1. The molecular weight excluding hydrogens is 391 g/mol. The fourth-order valence-corrected chi connectivity index (χ4v) is 3.09. The molecule has 0 spiro atoms. The van der Waals surface area contributed by atoms with Crippen LogP contribution in [0.3, 0.4) is 0 Å². The number of halogens is 1. The van der Waals surface area contributed by atoms with Crippen molar-refractivity contribution in [2.45, 2.75) is 19.5 Å². The molecule has 2 aromatic rings. The zero-order valence-corrected chi connectivity index (χ0v) is 16.4. The van der Waals surface area contributed by atoms with Crippen LogP contribution in [0.15, 0.2) is 54.4 Å². The molecule has 1 aliphatic heterocycles. The number of hydrogen-bond donors (Lipinski definition) is 3. The van der Waals surface area contributed by atoms with E-state index in [1.54, 1.807) is 43.3 Å². The molecule has 1 unspecified atom stereocenters. The van der Waals surface area contributed by atoms with Gasteiger partial charge in [-0.05, 0) is 41.8 Å². The minimum atomic E-state index is -0.803. The Morgan fingerprint density at radius 3 is 2.57 bits per heavy atom. The van der Waals surface area contributed by atoms with E-state index in [1.165, 1.54) is 25.3 Å². The number of carbonyl (C=O) groups excluding carboxylic acids is 2. The van der Waals surface area contributed by atoms with Gasteiger partial charge in [0.25, 0.3) is 0 Å². The van der Waals surface area contributed by atoms with E-state index in [0.29, 0.717) is 16.7 Å². The lowest BCUT2D eigenvalue weighted by Crippen LogP contribution is -2.33. The fraction of sp³-hybridized carbons (Fsp3) is 0.182. The molecule has 0 radical (unpaired) electrons. The van der Waals surface area contributed by atoms with Crippen LogP contribution >= 0.6 is 0 Å². The molecule has 2 aromatic carbocycles. The predicted molar refractivity (Wildman–Crippen MR) is 109 cm³/mol. The average molecular weight is 412 g/mol. The minimum absolute atomic E-state index is 0.0108. The van der Waals surface area contributed by atoms with Gasteiger partial charge in [0.1, 0.15) is 5.82 Å². The number of hydrogen-bond acceptors (Lipinski definition) is 5. The van der Waals surface area contributed by atoms with Gasteiger partial charge in [-0.15, -0.1) is 0 Å². The first-order valence-electron chi connectivity index (χ1n) is 9.15. The number of methoxy groups -OCH3 is 1. The van der Waals surface area contributed by atoms with Gasteiger partial charge in [0.2, 0.25) is 11.8 Å². The molecule has 3 N–H and O–H groups in total. The molecule has 0 bridgehead atoms. The number of aliphatic hydroxyl groups is 2. The van der Waals surface area contributed by atoms with E-state index in [9.17, 15) is 24.2 Å². The number of carbonyl (C=O) groups is 2. The summed E-state index contributed by atoms with van der Waals surface area (Å²) >= 11 is 0. The molecule has 8 heteroatoms. The van der Waals surface area contributed by atoms with Gasteiger partial charge in [0, 0.05) is 11.6 Å². The monoisotopic (exact) mass is 412 g/mol. The summed E-state index contributed by atoms with van der Waals surface area (Å²) in [6.45, 7) is 1.80. The van der Waals surface area contributed by atoms with E-state index in [1.807, 2.05) is 0 Å². The van der Waals surface area contributed by atoms with Crippen molar-refractivity contribution in [3.8, 4) is 0 Å². The highest BCUT2D eigenvalue weighted by molar-refractivity contribution is 5.92. The Morgan fingerprint density at radius 2 is 1.90 bits per heavy atom. The Kier molecular flexibility index (Phi) is 6.06. The second-order valence-corrected chi connectivity index (χ2v) is 6.76. The van der Waals surface area contributed by atoms with Gasteiger partial charge in [-0.1, -0.05) is 30.3 Å². The Labute approximate surface area is 172 Å². The number of ether oxygens (including phenoxy) is 1. The van der Waals surface area contributed by atoms with Crippen LogP contribution in [0, 0.1) is 5.82 Å². The number of rotatable bonds is 4. The Balaban J connectivity index is 1.73. The standard InChI is InChI=1S/C22H21FN2O5/c1-13(24-19(26)10-5-14-3-7-17(23)8-4-14)15-6-9-18-16(11-15)12-25(22(29)30-2)21(28)20(18)27/h3-11,13,27-28H,12H2,1-2H3,(H,24,26). The number of amides is 2. The lowest BCUT2D eigenvalue weighted by atomic mass is 9.96. The number of nitrogens with zero attached hydrogens (tertiary/aromatic N) is 1. The van der Waals surface area contributed by atoms with E-state index in [2.05, 4.69) is 10.1 Å². The number of aliphatic hydroxyl groups excluding tert-OH is 2. The summed E-state index contributed by atoms with van der Waals surface area (Å²) in [5.41, 5.74) is 2.43. The fourth-order valence-electron chi connectivity index (χ4n) is 3.09. The topological polar surface area (TPSA) is 99.1 Å². The molecule has 0 aromatic heterocycles. The van der Waals surface area contributed by atoms with E-state index < -0.39 is 17.7 Å². The van der Waals surface area contributed by atoms with Crippen LogP contribution in [-0.4, -0.2) is 34.2 Å². The van der Waals surface area contributed by atoms with Crippen LogP contribution < -0.4 is 5.32 Å². The lowest BCUT2D eigenvalue weighted by Gasteiger charge is -2.27. The van der Waals surface area contributed by atoms with Crippen LogP contribution in [-0.2, 0) is 16.1 Å². The van der Waals surface area contributed by atoms with Gasteiger partial charge in [0.05, 0.1) is 19.7 Å². The predicted octanol–water partition coefficient (Wildman–Crippen LogP) is 4.04. The zero-order valence-electron chi connectivity index (χ0n) is 16.4. The molecule has 7 nitrogen and oxygen atoms in total. The molecule has 30 heavy (non-hydrogen) atoms. The van der Waals surface area contributed by atoms with Gasteiger partial charge in [-0.3, -0.25) is 4.79 Å². The summed E-state index contributed by atoms with van der Waals surface area (Å²) in [5.74, 6) is -1.68. The van der Waals surface area contributed by atoms with E-state index >= 15 is 0 Å². The third-order valence-corrected chi connectivity index (χ3v) is 4.73. The van der Waals surface area contributed by atoms with Crippen LogP contribution in [0.4, 0.5) is 9.18 Å². The second kappa shape index (κ2) is 8.69. The molecule has 3 rings (SSSR count). The van der Waals surface area contributed by atoms with E-state index in [-0.39, 0.29) is 24.3 Å². The highest BCUT2D eigenvalue weighted by Gasteiger charge is 2.30. The largest absolute Gasteiger partial charge is 0.503 e. The van der Waals surface area contributed by atoms with Crippen molar-refractivity contribution in [1.29, 1.82) is 0 Å². The normalized spacial score (nSPS) is 14.4. The smallest absolute Gasteiger partial charge is 0.416 e. The summed E-state index contributed by atoms with van der Waals surface area (Å²) < 4.78 is 17.6. The molecule has 2 amide bonds. The summed E-state index contributed by atoms with van der Waals surface area (Å²) in [6.07, 6.45) is 2.13. The maximum Gasteiger partial charge on any atom is 0.416 e. The first kappa shape index (κ1) is 20.9. The molecular formula is C22H21FN2O5. The molecule has 0 saturated heterocycles. The number of fused-ring (bicyclic) bond motifs is 1. The summed E-state index contributed by atoms with van der Waals surface area (Å²) in [5, 5.41) is 23.0. The maximum atomic E-state index is 12.9. The third kappa shape index (κ3) is 4.43. The maximum absolute atomic E-state index is 12.9. The van der Waals surface area contributed by atoms with Gasteiger partial charge < -0.3 is 20.3 Å². The van der Waals surface area contributed by atoms with E-state index in [4.69, 9.17) is 0 Å². The van der Waals surface area contributed by atoms with Crippen LogP contribution in [0.2, 0.25) is 0 Å². The summed E-state index contributed by atoms with van der Waals surface area (Å²) in [6, 6.07) is 10.5. The van der Waals surface area contributed by atoms with Gasteiger partial charge in [0.15, 0.2) is 5.76 Å². The minimum Gasteiger partial charge on any atom is -0.503 e. The van der Waals surface area contributed by atoms with Gasteiger partial charge in [-0.2, -0.15) is 0 Å². The molecule has 0 fully saturated rings. The van der Waals surface area contributed by atoms with Crippen LogP contribution in [0.25, 0.3) is 11.8 Å². The molecule has 0 saturated carbocycles. The number of benzene rings is 2. The average Bonchev–Trinajstić information content (AvgIpc) is 2.74. The second-order valence-electron chi connectivity index (χ2n) is 6.76. The Hall–Kier alpha value is -3.81. The Morgan fingerprint density at radius 1 is 1.20 bits per heavy atom. The first-order chi connectivity index (χ1) is 14.3. The van der Waals surface area contributed by atoms with Crippen molar-refractivity contribution in [1.82, 2.24) is 10.2 Å². The first-order valence-corrected chi connectivity index (χ1v) is 9.15. The molecule has 156 valence electrons. The van der Waals surface area contributed by atoms with E-state index in [0.717, 1.165) is 10.5 Å². The van der Waals surface area contributed by atoms with Crippen molar-refractivity contribution in [3.63, 3.8) is 0 Å². The lowest BCUT2D eigenvalue weighted by molar-refractivity contribution is -0.117. The quantitative estimate of drug-likeness (QED) is 0.659. The van der Waals surface area contributed by atoms with Crippen LogP contribution in [0.1, 0.15) is 35.2 Å². The van der Waals surface area contributed by atoms with Crippen molar-refractivity contribution < 1.29 is 28.9 Å². The van der Waals surface area contributed by atoms with Crippen molar-refractivity contribution in [3.05, 3.63) is 82.5 Å².